The molecular weight excluding hydrogens is 415 g/mol. The molecule has 4 rings (SSSR count). The number of carbonyl (C=O) groups excluding carboxylic acids is 2. The van der Waals surface area contributed by atoms with E-state index in [2.05, 4.69) is 16.8 Å². The first-order chi connectivity index (χ1) is 14.9. The van der Waals surface area contributed by atoms with E-state index in [9.17, 15) is 14.0 Å². The lowest BCUT2D eigenvalue weighted by Gasteiger charge is -2.27. The van der Waals surface area contributed by atoms with Gasteiger partial charge in [-0.05, 0) is 57.7 Å². The average molecular weight is 445 g/mol. The van der Waals surface area contributed by atoms with Crippen LogP contribution in [0.2, 0.25) is 0 Å². The smallest absolute Gasteiger partial charge is 0.264 e. The second kappa shape index (κ2) is 9.46. The predicted molar refractivity (Wildman–Crippen MR) is 121 cm³/mol. The first-order valence-electron chi connectivity index (χ1n) is 10.8. The van der Waals surface area contributed by atoms with E-state index in [0.29, 0.717) is 22.7 Å². The lowest BCUT2D eigenvalue weighted by atomic mass is 10.1. The van der Waals surface area contributed by atoms with E-state index in [1.807, 2.05) is 13.0 Å². The molecule has 0 saturated carbocycles. The molecule has 0 N–H and O–H groups in total. The molecule has 0 bridgehead atoms. The Bertz CT molecular complexity index is 963. The zero-order chi connectivity index (χ0) is 22.0. The van der Waals surface area contributed by atoms with Crippen molar-refractivity contribution in [1.29, 1.82) is 0 Å². The summed E-state index contributed by atoms with van der Waals surface area (Å²) in [5.74, 6) is -0.773. The van der Waals surface area contributed by atoms with Crippen molar-refractivity contribution in [2.45, 2.75) is 19.9 Å². The van der Waals surface area contributed by atoms with Crippen LogP contribution in [0.5, 0.6) is 0 Å². The number of anilines is 1. The SMILES string of the molecule is Cc1ccc(C(=O)N2CC(=O)N(CCN3CCCN(C)CC3)c3cccc(F)c3C2)s1. The van der Waals surface area contributed by atoms with Gasteiger partial charge in [0.25, 0.3) is 5.91 Å². The molecule has 31 heavy (non-hydrogen) atoms. The van der Waals surface area contributed by atoms with Gasteiger partial charge >= 0.3 is 0 Å². The summed E-state index contributed by atoms with van der Waals surface area (Å²) in [6.45, 7) is 7.22. The Balaban J connectivity index is 1.55. The molecule has 0 spiro atoms. The first kappa shape index (κ1) is 21.9. The third kappa shape index (κ3) is 4.97. The highest BCUT2D eigenvalue weighted by molar-refractivity contribution is 7.13. The Morgan fingerprint density at radius 1 is 1.06 bits per heavy atom. The van der Waals surface area contributed by atoms with Crippen molar-refractivity contribution in [2.24, 2.45) is 0 Å². The van der Waals surface area contributed by atoms with Gasteiger partial charge in [-0.2, -0.15) is 0 Å². The molecule has 6 nitrogen and oxygen atoms in total. The molecule has 3 heterocycles. The Kier molecular flexibility index (Phi) is 6.69. The minimum Gasteiger partial charge on any atom is -0.324 e. The van der Waals surface area contributed by atoms with Crippen molar-refractivity contribution in [3.8, 4) is 0 Å². The summed E-state index contributed by atoms with van der Waals surface area (Å²) in [5.41, 5.74) is 0.986. The maximum absolute atomic E-state index is 14.8. The summed E-state index contributed by atoms with van der Waals surface area (Å²) in [6.07, 6.45) is 1.10. The molecule has 2 aromatic rings. The van der Waals surface area contributed by atoms with Crippen LogP contribution in [0.1, 0.15) is 26.5 Å². The minimum absolute atomic E-state index is 0.0490. The number of benzene rings is 1. The zero-order valence-electron chi connectivity index (χ0n) is 18.1. The number of hydrogen-bond acceptors (Lipinski definition) is 5. The van der Waals surface area contributed by atoms with Crippen LogP contribution in [0.15, 0.2) is 30.3 Å². The predicted octanol–water partition coefficient (Wildman–Crippen LogP) is 2.82. The van der Waals surface area contributed by atoms with Gasteiger partial charge in [-0.25, -0.2) is 4.39 Å². The number of fused-ring (bicyclic) bond motifs is 1. The van der Waals surface area contributed by atoms with Gasteiger partial charge in [-0.15, -0.1) is 11.3 Å². The fraction of sp³-hybridized carbons (Fsp3) is 0.478. The zero-order valence-corrected chi connectivity index (χ0v) is 19.0. The Morgan fingerprint density at radius 3 is 2.68 bits per heavy atom. The van der Waals surface area contributed by atoms with E-state index in [0.717, 1.165) is 44.0 Å². The summed E-state index contributed by atoms with van der Waals surface area (Å²) in [7, 11) is 2.13. The largest absolute Gasteiger partial charge is 0.324 e. The fourth-order valence-electron chi connectivity index (χ4n) is 4.25. The maximum atomic E-state index is 14.8. The van der Waals surface area contributed by atoms with Gasteiger partial charge in [-0.3, -0.25) is 9.59 Å². The number of nitrogens with zero attached hydrogens (tertiary/aromatic N) is 4. The third-order valence-corrected chi connectivity index (χ3v) is 7.04. The molecule has 1 fully saturated rings. The Hall–Kier alpha value is -2.29. The number of aryl methyl sites for hydroxylation is 1. The number of likely N-dealkylation sites (N-methyl/N-ethyl adjacent to an activating group) is 1. The van der Waals surface area contributed by atoms with Crippen molar-refractivity contribution < 1.29 is 14.0 Å². The van der Waals surface area contributed by atoms with Crippen LogP contribution in [-0.4, -0.2) is 79.4 Å². The van der Waals surface area contributed by atoms with Gasteiger partial charge in [0.05, 0.1) is 17.1 Å². The molecular formula is C23H29FN4O2S. The molecule has 0 aliphatic carbocycles. The average Bonchev–Trinajstić information content (AvgIpc) is 2.99. The number of amides is 2. The van der Waals surface area contributed by atoms with Crippen molar-refractivity contribution in [1.82, 2.24) is 14.7 Å². The number of rotatable bonds is 4. The van der Waals surface area contributed by atoms with Crippen molar-refractivity contribution in [2.75, 3.05) is 57.8 Å². The summed E-state index contributed by atoms with van der Waals surface area (Å²) >= 11 is 1.39. The van der Waals surface area contributed by atoms with Crippen LogP contribution in [-0.2, 0) is 11.3 Å². The monoisotopic (exact) mass is 444 g/mol. The van der Waals surface area contributed by atoms with E-state index in [4.69, 9.17) is 0 Å². The molecule has 166 valence electrons. The molecule has 2 aliphatic heterocycles. The summed E-state index contributed by atoms with van der Waals surface area (Å²) in [6, 6.07) is 8.48. The van der Waals surface area contributed by atoms with E-state index in [-0.39, 0.29) is 30.7 Å². The normalized spacial score (nSPS) is 18.6. The molecule has 0 unspecified atom stereocenters. The van der Waals surface area contributed by atoms with Crippen LogP contribution in [0, 0.1) is 12.7 Å². The van der Waals surface area contributed by atoms with Crippen molar-refractivity contribution >= 4 is 28.8 Å². The molecule has 1 aromatic heterocycles. The number of carbonyl (C=O) groups is 2. The lowest BCUT2D eigenvalue weighted by Crippen LogP contribution is -2.43. The molecule has 1 aromatic carbocycles. The van der Waals surface area contributed by atoms with Crippen LogP contribution in [0.4, 0.5) is 10.1 Å². The summed E-state index contributed by atoms with van der Waals surface area (Å²) in [5, 5.41) is 0. The highest BCUT2D eigenvalue weighted by Crippen LogP contribution is 2.29. The van der Waals surface area contributed by atoms with E-state index in [1.165, 1.54) is 22.3 Å². The second-order valence-electron chi connectivity index (χ2n) is 8.35. The summed E-state index contributed by atoms with van der Waals surface area (Å²) < 4.78 is 14.8. The van der Waals surface area contributed by atoms with Gasteiger partial charge < -0.3 is 19.6 Å². The quantitative estimate of drug-likeness (QED) is 0.728. The lowest BCUT2D eigenvalue weighted by molar-refractivity contribution is -0.119. The molecule has 1 saturated heterocycles. The number of thiophene rings is 1. The third-order valence-electron chi connectivity index (χ3n) is 6.05. The van der Waals surface area contributed by atoms with Crippen LogP contribution in [0.25, 0.3) is 0 Å². The summed E-state index contributed by atoms with van der Waals surface area (Å²) in [4.78, 5) is 35.7. The van der Waals surface area contributed by atoms with Gasteiger partial charge in [-0.1, -0.05) is 6.07 Å². The van der Waals surface area contributed by atoms with Crippen molar-refractivity contribution in [3.63, 3.8) is 0 Å². The molecule has 8 heteroatoms. The van der Waals surface area contributed by atoms with Gasteiger partial charge in [0.15, 0.2) is 0 Å². The molecule has 2 amide bonds. The Labute approximate surface area is 186 Å². The number of hydrogen-bond donors (Lipinski definition) is 0. The van der Waals surface area contributed by atoms with Crippen LogP contribution < -0.4 is 4.90 Å². The second-order valence-corrected chi connectivity index (χ2v) is 9.64. The molecule has 0 atom stereocenters. The van der Waals surface area contributed by atoms with E-state index >= 15 is 0 Å². The maximum Gasteiger partial charge on any atom is 0.264 e. The number of halogens is 1. The Morgan fingerprint density at radius 2 is 1.90 bits per heavy atom. The van der Waals surface area contributed by atoms with Gasteiger partial charge in [0, 0.05) is 36.6 Å². The van der Waals surface area contributed by atoms with Gasteiger partial charge in [0.2, 0.25) is 5.91 Å². The van der Waals surface area contributed by atoms with E-state index in [1.54, 1.807) is 23.1 Å². The topological polar surface area (TPSA) is 47.1 Å². The highest BCUT2D eigenvalue weighted by atomic mass is 32.1. The highest BCUT2D eigenvalue weighted by Gasteiger charge is 2.31. The van der Waals surface area contributed by atoms with Crippen LogP contribution >= 0.6 is 11.3 Å². The first-order valence-corrected chi connectivity index (χ1v) is 11.6. The standard InChI is InChI=1S/C23H29FN4O2S/c1-17-7-8-21(31-17)23(30)27-15-18-19(24)5-3-6-20(18)28(22(29)16-27)14-13-26-10-4-9-25(2)11-12-26/h3,5-8H,4,9-16H2,1-2H3. The minimum atomic E-state index is -0.381. The van der Waals surface area contributed by atoms with Gasteiger partial charge in [0.1, 0.15) is 12.4 Å². The van der Waals surface area contributed by atoms with Crippen molar-refractivity contribution in [3.05, 3.63) is 51.5 Å². The van der Waals surface area contributed by atoms with E-state index < -0.39 is 0 Å². The molecule has 0 radical (unpaired) electrons. The fourth-order valence-corrected chi connectivity index (χ4v) is 5.08. The molecule has 2 aliphatic rings. The van der Waals surface area contributed by atoms with Crippen LogP contribution in [0.3, 0.4) is 0 Å².